The quantitative estimate of drug-likeness (QED) is 0.744. The maximum absolute atomic E-state index is 3.90. The minimum absolute atomic E-state index is 0.554. The monoisotopic (exact) mass is 249 g/mol. The fraction of sp³-hybridized carbons (Fsp3) is 0.222. The van der Waals surface area contributed by atoms with Crippen LogP contribution in [0.2, 0.25) is 0 Å². The zero-order valence-corrected chi connectivity index (χ0v) is 11.1. The highest BCUT2D eigenvalue weighted by molar-refractivity contribution is 5.60. The van der Waals surface area contributed by atoms with Crippen molar-refractivity contribution >= 4 is 5.69 Å². The lowest BCUT2D eigenvalue weighted by molar-refractivity contribution is 0.642. The summed E-state index contributed by atoms with van der Waals surface area (Å²) in [4.78, 5) is 2.48. The third-order valence-corrected chi connectivity index (χ3v) is 3.84. The lowest BCUT2D eigenvalue weighted by atomic mass is 10.0. The number of rotatable bonds is 4. The van der Waals surface area contributed by atoms with Crippen molar-refractivity contribution in [3.05, 3.63) is 78.4 Å². The van der Waals surface area contributed by atoms with Crippen molar-refractivity contribution in [1.29, 1.82) is 0 Å². The maximum atomic E-state index is 3.90. The van der Waals surface area contributed by atoms with Crippen LogP contribution < -0.4 is 4.90 Å². The molecule has 0 saturated heterocycles. The molecule has 0 N–H and O–H groups in total. The number of nitrogens with zero attached hydrogens (tertiary/aromatic N) is 1. The van der Waals surface area contributed by atoms with Gasteiger partial charge in [0.15, 0.2) is 0 Å². The molecule has 19 heavy (non-hydrogen) atoms. The Balaban J connectivity index is 1.85. The second-order valence-corrected chi connectivity index (χ2v) is 5.12. The minimum atomic E-state index is 0.554. The highest BCUT2D eigenvalue weighted by Crippen LogP contribution is 2.33. The summed E-state index contributed by atoms with van der Waals surface area (Å²) in [6, 6.07) is 20.0. The van der Waals surface area contributed by atoms with E-state index in [-0.39, 0.29) is 0 Å². The molecule has 0 spiro atoms. The number of hydrogen-bond donors (Lipinski definition) is 0. The minimum Gasteiger partial charge on any atom is -0.364 e. The zero-order chi connectivity index (χ0) is 13.1. The summed E-state index contributed by atoms with van der Waals surface area (Å²) in [6.07, 6.45) is 4.24. The predicted molar refractivity (Wildman–Crippen MR) is 81.6 cm³/mol. The second-order valence-electron chi connectivity index (χ2n) is 5.12. The summed E-state index contributed by atoms with van der Waals surface area (Å²) >= 11 is 0. The fourth-order valence-electron chi connectivity index (χ4n) is 2.98. The van der Waals surface area contributed by atoms with Gasteiger partial charge in [0.1, 0.15) is 0 Å². The van der Waals surface area contributed by atoms with Gasteiger partial charge in [0.05, 0.1) is 0 Å². The van der Waals surface area contributed by atoms with Crippen LogP contribution in [-0.4, -0.2) is 12.6 Å². The molecule has 0 aromatic heterocycles. The van der Waals surface area contributed by atoms with Gasteiger partial charge >= 0.3 is 0 Å². The number of para-hydroxylation sites is 1. The molecule has 1 atom stereocenters. The van der Waals surface area contributed by atoms with Gasteiger partial charge in [-0.05, 0) is 30.0 Å². The lowest BCUT2D eigenvalue weighted by Gasteiger charge is -2.26. The topological polar surface area (TPSA) is 3.24 Å². The van der Waals surface area contributed by atoms with Crippen LogP contribution in [0.5, 0.6) is 0 Å². The van der Waals surface area contributed by atoms with Gasteiger partial charge in [-0.15, -0.1) is 6.58 Å². The van der Waals surface area contributed by atoms with Crippen molar-refractivity contribution in [3.8, 4) is 0 Å². The SMILES string of the molecule is C=CCN1c2ccccc2CC1Cc1ccccc1. The van der Waals surface area contributed by atoms with E-state index in [2.05, 4.69) is 66.1 Å². The molecular weight excluding hydrogens is 230 g/mol. The molecule has 3 rings (SSSR count). The van der Waals surface area contributed by atoms with Crippen molar-refractivity contribution in [2.75, 3.05) is 11.4 Å². The van der Waals surface area contributed by atoms with E-state index in [1.54, 1.807) is 0 Å². The lowest BCUT2D eigenvalue weighted by Crippen LogP contribution is -2.33. The van der Waals surface area contributed by atoms with Crippen LogP contribution in [0.25, 0.3) is 0 Å². The van der Waals surface area contributed by atoms with Crippen molar-refractivity contribution in [1.82, 2.24) is 0 Å². The largest absolute Gasteiger partial charge is 0.364 e. The Kier molecular flexibility index (Phi) is 3.37. The van der Waals surface area contributed by atoms with Gasteiger partial charge in [0.2, 0.25) is 0 Å². The van der Waals surface area contributed by atoms with E-state index in [9.17, 15) is 0 Å². The molecular formula is C18H19N. The summed E-state index contributed by atoms with van der Waals surface area (Å²) in [7, 11) is 0. The average molecular weight is 249 g/mol. The van der Waals surface area contributed by atoms with E-state index in [4.69, 9.17) is 0 Å². The molecule has 2 aromatic rings. The van der Waals surface area contributed by atoms with Gasteiger partial charge in [-0.1, -0.05) is 54.6 Å². The fourth-order valence-corrected chi connectivity index (χ4v) is 2.98. The number of hydrogen-bond acceptors (Lipinski definition) is 1. The molecule has 0 fully saturated rings. The van der Waals surface area contributed by atoms with Gasteiger partial charge in [-0.3, -0.25) is 0 Å². The second kappa shape index (κ2) is 5.31. The van der Waals surface area contributed by atoms with Gasteiger partial charge in [0, 0.05) is 18.3 Å². The van der Waals surface area contributed by atoms with Gasteiger partial charge < -0.3 is 4.90 Å². The van der Waals surface area contributed by atoms with Crippen molar-refractivity contribution in [2.45, 2.75) is 18.9 Å². The first kappa shape index (κ1) is 12.0. The molecule has 96 valence electrons. The Morgan fingerprint density at radius 3 is 2.58 bits per heavy atom. The molecule has 0 saturated carbocycles. The number of anilines is 1. The van der Waals surface area contributed by atoms with Crippen LogP contribution in [0.15, 0.2) is 67.3 Å². The van der Waals surface area contributed by atoms with E-state index in [1.165, 1.54) is 16.8 Å². The normalized spacial score (nSPS) is 17.3. The first-order valence-electron chi connectivity index (χ1n) is 6.88. The Morgan fingerprint density at radius 1 is 1.05 bits per heavy atom. The van der Waals surface area contributed by atoms with Crippen LogP contribution in [0.3, 0.4) is 0 Å². The molecule has 0 radical (unpaired) electrons. The first-order valence-corrected chi connectivity index (χ1v) is 6.88. The maximum Gasteiger partial charge on any atom is 0.0405 e. The first-order chi connectivity index (χ1) is 9.38. The van der Waals surface area contributed by atoms with Crippen molar-refractivity contribution < 1.29 is 0 Å². The molecule has 0 bridgehead atoms. The third-order valence-electron chi connectivity index (χ3n) is 3.84. The van der Waals surface area contributed by atoms with Gasteiger partial charge in [-0.2, -0.15) is 0 Å². The molecule has 1 heteroatoms. The Morgan fingerprint density at radius 2 is 1.79 bits per heavy atom. The van der Waals surface area contributed by atoms with E-state index < -0.39 is 0 Å². The van der Waals surface area contributed by atoms with E-state index >= 15 is 0 Å². The Bertz CT molecular complexity index is 559. The molecule has 1 unspecified atom stereocenters. The van der Waals surface area contributed by atoms with Crippen molar-refractivity contribution in [2.24, 2.45) is 0 Å². The highest BCUT2D eigenvalue weighted by Gasteiger charge is 2.27. The van der Waals surface area contributed by atoms with Gasteiger partial charge in [0.25, 0.3) is 0 Å². The van der Waals surface area contributed by atoms with Crippen LogP contribution in [0.4, 0.5) is 5.69 Å². The molecule has 1 aliphatic heterocycles. The Labute approximate surface area is 115 Å². The summed E-state index contributed by atoms with van der Waals surface area (Å²) in [5.41, 5.74) is 4.25. The zero-order valence-electron chi connectivity index (χ0n) is 11.1. The van der Waals surface area contributed by atoms with Crippen molar-refractivity contribution in [3.63, 3.8) is 0 Å². The summed E-state index contributed by atoms with van der Waals surface area (Å²) in [5, 5.41) is 0. The average Bonchev–Trinajstić information content (AvgIpc) is 2.79. The summed E-state index contributed by atoms with van der Waals surface area (Å²) in [6.45, 7) is 4.82. The molecule has 0 amide bonds. The highest BCUT2D eigenvalue weighted by atomic mass is 15.2. The van der Waals surface area contributed by atoms with E-state index in [0.717, 1.165) is 19.4 Å². The van der Waals surface area contributed by atoms with E-state index in [1.807, 2.05) is 6.08 Å². The Hall–Kier alpha value is -2.02. The molecule has 0 aliphatic carbocycles. The van der Waals surface area contributed by atoms with E-state index in [0.29, 0.717) is 6.04 Å². The molecule has 1 aliphatic rings. The molecule has 1 heterocycles. The number of fused-ring (bicyclic) bond motifs is 1. The van der Waals surface area contributed by atoms with Crippen LogP contribution in [0, 0.1) is 0 Å². The van der Waals surface area contributed by atoms with Crippen LogP contribution in [-0.2, 0) is 12.8 Å². The summed E-state index contributed by atoms with van der Waals surface area (Å²) < 4.78 is 0. The molecule has 2 aromatic carbocycles. The third kappa shape index (κ3) is 2.41. The van der Waals surface area contributed by atoms with Crippen LogP contribution >= 0.6 is 0 Å². The number of benzene rings is 2. The summed E-state index contributed by atoms with van der Waals surface area (Å²) in [5.74, 6) is 0. The van der Waals surface area contributed by atoms with Gasteiger partial charge in [-0.25, -0.2) is 0 Å². The molecule has 1 nitrogen and oxygen atoms in total. The smallest absolute Gasteiger partial charge is 0.0405 e. The standard InChI is InChI=1S/C18H19N/c1-2-12-19-17(13-15-8-4-3-5-9-15)14-16-10-6-7-11-18(16)19/h2-11,17H,1,12-14H2. The van der Waals surface area contributed by atoms with Crippen LogP contribution in [0.1, 0.15) is 11.1 Å². The predicted octanol–water partition coefficient (Wildman–Crippen LogP) is 3.85.